The summed E-state index contributed by atoms with van der Waals surface area (Å²) in [5.41, 5.74) is 31.0. The molecule has 0 aliphatic carbocycles. The SMILES string of the molecule is CCC=CCc1ncc(-c2ccc3c(c2)OCc2cc4c(ccc5[nH]c(CC=CCC)nc54)cc2-3)[nH]1.CCC=CCc1ncc(-c2ccc3c(c2)OCc2cc4c(ccc5[nH]c(CC=CCC)nc54)cc2-3)[nH]1.CCC=CCc1ncc(-c2ccc3c(c2)OCc2cc4c(ccc5[nH]c(CC=CCC)nc54)cc2-3)[nH]1.CCC=CCc1ncc(-c2ccc3c(c2)OCc2cc4c(ccc5[nH]c(CC=CCC)nc54)cc2-3)[nH]1. The van der Waals surface area contributed by atoms with Gasteiger partial charge in [0.1, 0.15) is 96.0 Å². The third-order valence-corrected chi connectivity index (χ3v) is 27.0. The van der Waals surface area contributed by atoms with E-state index in [1.54, 1.807) is 0 Å². The molecule has 0 bridgehead atoms. The van der Waals surface area contributed by atoms with E-state index < -0.39 is 0 Å². The van der Waals surface area contributed by atoms with Crippen LogP contribution in [-0.2, 0) is 77.8 Å². The number of fused-ring (bicyclic) bond motifs is 24. The lowest BCUT2D eigenvalue weighted by Gasteiger charge is -2.22. The summed E-state index contributed by atoms with van der Waals surface area (Å²) in [6, 6.07) is 61.1. The van der Waals surface area contributed by atoms with Gasteiger partial charge in [-0.05, 0) is 239 Å². The van der Waals surface area contributed by atoms with Crippen LogP contribution in [0.2, 0.25) is 0 Å². The Bertz CT molecular complexity index is 7450. The molecule has 8 aromatic heterocycles. The van der Waals surface area contributed by atoms with Crippen molar-refractivity contribution in [3.63, 3.8) is 0 Å². The molecule has 4 aliphatic heterocycles. The number of hydrogen-bond donors (Lipinski definition) is 8. The first-order chi connectivity index (χ1) is 70.9. The van der Waals surface area contributed by atoms with E-state index in [-0.39, 0.29) is 0 Å². The minimum Gasteiger partial charge on any atom is -0.488 e. The van der Waals surface area contributed by atoms with Crippen molar-refractivity contribution in [1.29, 1.82) is 0 Å². The lowest BCUT2D eigenvalue weighted by molar-refractivity contribution is 0.302. The molecule has 0 amide bonds. The van der Waals surface area contributed by atoms with Crippen molar-refractivity contribution in [2.75, 3.05) is 0 Å². The normalized spacial score (nSPS) is 13.1. The zero-order chi connectivity index (χ0) is 97.9. The van der Waals surface area contributed by atoms with Crippen LogP contribution in [0, 0.1) is 0 Å². The van der Waals surface area contributed by atoms with Gasteiger partial charge in [-0.15, -0.1) is 0 Å². The summed E-state index contributed by atoms with van der Waals surface area (Å²) in [6.45, 7) is 19.3. The summed E-state index contributed by atoms with van der Waals surface area (Å²) in [5.74, 6) is 11.5. The van der Waals surface area contributed by atoms with Crippen LogP contribution in [0.5, 0.6) is 23.0 Å². The predicted molar refractivity (Wildman–Crippen MR) is 589 cm³/mol. The van der Waals surface area contributed by atoms with Gasteiger partial charge in [-0.25, -0.2) is 39.9 Å². The monoisotopic (exact) mass is 1900 g/mol. The highest BCUT2D eigenvalue weighted by molar-refractivity contribution is 6.10. The average molecular weight is 1900 g/mol. The van der Waals surface area contributed by atoms with Gasteiger partial charge in [0.2, 0.25) is 0 Å². The number of hydrogen-bond acceptors (Lipinski definition) is 12. The molecule has 20 aromatic rings. The molecule has 12 aromatic carbocycles. The Balaban J connectivity index is 0.000000113. The number of nitrogens with zero attached hydrogens (tertiary/aromatic N) is 8. The summed E-state index contributed by atoms with van der Waals surface area (Å²) in [5, 5.41) is 9.44. The third-order valence-electron chi connectivity index (χ3n) is 27.0. The number of imidazole rings is 8. The van der Waals surface area contributed by atoms with Crippen molar-refractivity contribution in [2.24, 2.45) is 0 Å². The number of nitrogens with one attached hydrogen (secondary N) is 8. The summed E-state index contributed by atoms with van der Waals surface area (Å²) < 4.78 is 25.0. The molecule has 0 unspecified atom stereocenters. The van der Waals surface area contributed by atoms with Crippen LogP contribution >= 0.6 is 0 Å². The fraction of sp³-hybridized carbons (Fsp3) is 0.226. The predicted octanol–water partition coefficient (Wildman–Crippen LogP) is 30.7. The maximum atomic E-state index is 6.25. The molecule has 20 heteroatoms. The molecular formula is C124H120N16O4. The maximum absolute atomic E-state index is 6.25. The van der Waals surface area contributed by atoms with E-state index in [2.05, 4.69) is 382 Å². The number of allylic oxidation sites excluding steroid dienone is 16. The Hall–Kier alpha value is -16.5. The second-order valence-electron chi connectivity index (χ2n) is 37.1. The van der Waals surface area contributed by atoms with Gasteiger partial charge >= 0.3 is 0 Å². The van der Waals surface area contributed by atoms with Crippen LogP contribution < -0.4 is 18.9 Å². The molecule has 12 heterocycles. The maximum Gasteiger partial charge on any atom is 0.128 e. The molecule has 0 spiro atoms. The molecule has 4 aliphatic rings. The Morgan fingerprint density at radius 3 is 0.632 bits per heavy atom. The second kappa shape index (κ2) is 42.9. The minimum atomic E-state index is 0.546. The zero-order valence-electron chi connectivity index (χ0n) is 83.1. The summed E-state index contributed by atoms with van der Waals surface area (Å²) >= 11 is 0. The van der Waals surface area contributed by atoms with Gasteiger partial charge in [-0.3, -0.25) is 0 Å². The largest absolute Gasteiger partial charge is 0.488 e. The van der Waals surface area contributed by atoms with E-state index in [0.29, 0.717) is 26.4 Å². The molecule has 8 N–H and O–H groups in total. The molecule has 0 saturated carbocycles. The number of aromatic nitrogens is 16. The van der Waals surface area contributed by atoms with Crippen molar-refractivity contribution in [3.8, 4) is 113 Å². The van der Waals surface area contributed by atoms with Gasteiger partial charge in [0.05, 0.1) is 91.7 Å². The van der Waals surface area contributed by atoms with E-state index in [1.807, 2.05) is 24.8 Å². The van der Waals surface area contributed by atoms with E-state index in [9.17, 15) is 0 Å². The quantitative estimate of drug-likeness (QED) is 0.0213. The zero-order valence-corrected chi connectivity index (χ0v) is 83.1. The van der Waals surface area contributed by atoms with Crippen LogP contribution in [0.4, 0.5) is 0 Å². The molecule has 24 rings (SSSR count). The highest BCUT2D eigenvalue weighted by atomic mass is 16.5. The topological polar surface area (TPSA) is 266 Å². The van der Waals surface area contributed by atoms with Crippen molar-refractivity contribution in [2.45, 2.75) is 185 Å². The molecule has 0 saturated heterocycles. The van der Waals surface area contributed by atoms with Crippen molar-refractivity contribution in [3.05, 3.63) is 361 Å². The number of H-pyrrole nitrogens is 8. The van der Waals surface area contributed by atoms with Crippen molar-refractivity contribution < 1.29 is 18.9 Å². The van der Waals surface area contributed by atoms with Gasteiger partial charge in [-0.2, -0.15) is 0 Å². The van der Waals surface area contributed by atoms with Crippen LogP contribution in [0.1, 0.15) is 176 Å². The standard InChI is InChI=1S/4C31H30N4O/c4*1-3-5-7-9-29-32-18-27(34-29)21-11-13-23-24-15-20-12-14-26-31(35-30(33-26)10-8-6-4-2)25(20)16-22(24)19-36-28(23)17-21/h4*5-8,11-18H,3-4,9-10,19H2,1-2H3,(H,32,34)(H,33,35). The molecule has 0 fully saturated rings. The molecule has 144 heavy (non-hydrogen) atoms. The first-order valence-electron chi connectivity index (χ1n) is 51.2. The molecule has 20 nitrogen and oxygen atoms in total. The van der Waals surface area contributed by atoms with Gasteiger partial charge < -0.3 is 58.8 Å². The lowest BCUT2D eigenvalue weighted by atomic mass is 9.92. The van der Waals surface area contributed by atoms with Gasteiger partial charge in [0, 0.05) is 117 Å². The van der Waals surface area contributed by atoms with Crippen LogP contribution in [-0.4, -0.2) is 79.7 Å². The average Bonchev–Trinajstić information content (AvgIpc) is 1.49. The number of rotatable bonds is 28. The van der Waals surface area contributed by atoms with Gasteiger partial charge in [0.15, 0.2) is 0 Å². The number of aromatic amines is 8. The smallest absolute Gasteiger partial charge is 0.128 e. The first kappa shape index (κ1) is 93.8. The number of benzene rings is 12. The van der Waals surface area contributed by atoms with E-state index in [1.165, 1.54) is 87.6 Å². The Kier molecular flexibility index (Phi) is 28.0. The third kappa shape index (κ3) is 20.1. The Morgan fingerprint density at radius 2 is 0.424 bits per heavy atom. The van der Waals surface area contributed by atoms with Crippen molar-refractivity contribution >= 4 is 87.2 Å². The highest BCUT2D eigenvalue weighted by Gasteiger charge is 2.28. The van der Waals surface area contributed by atoms with E-state index >= 15 is 0 Å². The fourth-order valence-corrected chi connectivity index (χ4v) is 19.7. The van der Waals surface area contributed by atoms with Crippen LogP contribution in [0.15, 0.2) is 292 Å². The summed E-state index contributed by atoms with van der Waals surface area (Å²) in [6.07, 6.45) is 57.2. The molecular weight excluding hydrogens is 1780 g/mol. The summed E-state index contributed by atoms with van der Waals surface area (Å²) in [7, 11) is 0. The van der Waals surface area contributed by atoms with Crippen LogP contribution in [0.3, 0.4) is 0 Å². The first-order valence-corrected chi connectivity index (χ1v) is 51.2. The van der Waals surface area contributed by atoms with E-state index in [0.717, 1.165) is 284 Å². The van der Waals surface area contributed by atoms with Gasteiger partial charge in [0.25, 0.3) is 0 Å². The molecule has 720 valence electrons. The number of ether oxygens (including phenoxy) is 4. The lowest BCUT2D eigenvalue weighted by Crippen LogP contribution is -2.05. The molecule has 0 atom stereocenters. The Morgan fingerprint density at radius 1 is 0.215 bits per heavy atom. The minimum absolute atomic E-state index is 0.546. The highest BCUT2D eigenvalue weighted by Crippen LogP contribution is 2.48. The van der Waals surface area contributed by atoms with Gasteiger partial charge in [-0.1, -0.05) is 201 Å². The summed E-state index contributed by atoms with van der Waals surface area (Å²) in [4.78, 5) is 65.5. The van der Waals surface area contributed by atoms with E-state index in [4.69, 9.17) is 38.9 Å². The second-order valence-corrected chi connectivity index (χ2v) is 37.1. The van der Waals surface area contributed by atoms with Crippen LogP contribution in [0.25, 0.3) is 177 Å². The molecule has 0 radical (unpaired) electrons. The fourth-order valence-electron chi connectivity index (χ4n) is 19.7. The van der Waals surface area contributed by atoms with Crippen molar-refractivity contribution in [1.82, 2.24) is 79.7 Å². The Labute approximate surface area is 838 Å².